The van der Waals surface area contributed by atoms with Crippen LogP contribution in [0.15, 0.2) is 54.9 Å². The van der Waals surface area contributed by atoms with Crippen LogP contribution in [0.25, 0.3) is 10.9 Å². The zero-order valence-electron chi connectivity index (χ0n) is 13.7. The zero-order chi connectivity index (χ0) is 16.2. The first kappa shape index (κ1) is 18.3. The molecule has 0 saturated heterocycles. The minimum Gasteiger partial charge on any atom is -0.481 e. The van der Waals surface area contributed by atoms with E-state index in [4.69, 9.17) is 4.74 Å². The maximum atomic E-state index is 10.7. The summed E-state index contributed by atoms with van der Waals surface area (Å²) < 4.78 is 7.25. The molecule has 128 valence electrons. The second-order valence-electron chi connectivity index (χ2n) is 5.49. The summed E-state index contributed by atoms with van der Waals surface area (Å²) in [4.78, 5) is 4.30. The molecule has 0 unspecified atom stereocenters. The van der Waals surface area contributed by atoms with Crippen LogP contribution in [0.2, 0.25) is 0 Å². The summed E-state index contributed by atoms with van der Waals surface area (Å²) in [6, 6.07) is 13.8. The molecule has 6 heteroatoms. The van der Waals surface area contributed by atoms with E-state index >= 15 is 0 Å². The Labute approximate surface area is 147 Å². The molecule has 24 heavy (non-hydrogen) atoms. The molecule has 0 aliphatic carbocycles. The lowest BCUT2D eigenvalue weighted by molar-refractivity contribution is 0.132. The lowest BCUT2D eigenvalue weighted by atomic mass is 10.0. The molecule has 3 aromatic rings. The van der Waals surface area contributed by atoms with Gasteiger partial charge in [0.25, 0.3) is 0 Å². The summed E-state index contributed by atoms with van der Waals surface area (Å²) in [5.74, 6) is 0.585. The monoisotopic (exact) mass is 347 g/mol. The lowest BCUT2D eigenvalue weighted by Crippen LogP contribution is -2.33. The van der Waals surface area contributed by atoms with Crippen LogP contribution in [-0.2, 0) is 0 Å². The number of hydrogen-bond donors (Lipinski definition) is 2. The molecule has 0 spiro atoms. The van der Waals surface area contributed by atoms with E-state index in [0.29, 0.717) is 12.4 Å². The highest BCUT2D eigenvalue weighted by Gasteiger charge is 2.23. The van der Waals surface area contributed by atoms with Gasteiger partial charge in [0.1, 0.15) is 0 Å². The van der Waals surface area contributed by atoms with E-state index in [0.717, 1.165) is 16.5 Å². The molecule has 1 aromatic carbocycles. The number of halogens is 1. The summed E-state index contributed by atoms with van der Waals surface area (Å²) in [5.41, 5.74) is 2.03. The SMILES string of the molecule is CNC[C@@H](O)[C@H](c1ccccc1)n1ccc2cc(OC)ncc21.Cl. The first-order valence-corrected chi connectivity index (χ1v) is 7.62. The van der Waals surface area contributed by atoms with E-state index < -0.39 is 6.10 Å². The molecule has 2 aromatic heterocycles. The molecule has 0 aliphatic heterocycles. The number of fused-ring (bicyclic) bond motifs is 1. The fraction of sp³-hybridized carbons (Fsp3) is 0.278. The largest absolute Gasteiger partial charge is 0.481 e. The van der Waals surface area contributed by atoms with Gasteiger partial charge in [-0.3, -0.25) is 0 Å². The van der Waals surface area contributed by atoms with Crippen LogP contribution in [0.4, 0.5) is 0 Å². The van der Waals surface area contributed by atoms with Gasteiger partial charge in [0.15, 0.2) is 0 Å². The molecule has 2 heterocycles. The van der Waals surface area contributed by atoms with Crippen molar-refractivity contribution in [1.82, 2.24) is 14.9 Å². The number of aliphatic hydroxyl groups excluding tert-OH is 1. The van der Waals surface area contributed by atoms with Gasteiger partial charge in [-0.25, -0.2) is 4.98 Å². The molecule has 0 fully saturated rings. The highest BCUT2D eigenvalue weighted by atomic mass is 35.5. The highest BCUT2D eigenvalue weighted by Crippen LogP contribution is 2.28. The van der Waals surface area contributed by atoms with Gasteiger partial charge in [-0.2, -0.15) is 0 Å². The number of likely N-dealkylation sites (N-methyl/N-ethyl adjacent to an activating group) is 1. The van der Waals surface area contributed by atoms with E-state index in [-0.39, 0.29) is 18.4 Å². The minimum absolute atomic E-state index is 0. The Morgan fingerprint density at radius 3 is 2.67 bits per heavy atom. The molecule has 2 N–H and O–H groups in total. The van der Waals surface area contributed by atoms with Crippen LogP contribution >= 0.6 is 12.4 Å². The quantitative estimate of drug-likeness (QED) is 0.719. The highest BCUT2D eigenvalue weighted by molar-refractivity contribution is 5.85. The first-order chi connectivity index (χ1) is 11.2. The smallest absolute Gasteiger partial charge is 0.213 e. The third kappa shape index (κ3) is 3.53. The molecule has 0 radical (unpaired) electrons. The van der Waals surface area contributed by atoms with Crippen molar-refractivity contribution in [1.29, 1.82) is 0 Å². The van der Waals surface area contributed by atoms with Gasteiger partial charge < -0.3 is 19.7 Å². The van der Waals surface area contributed by atoms with Gasteiger partial charge in [0.2, 0.25) is 5.88 Å². The molecule has 0 aliphatic rings. The summed E-state index contributed by atoms with van der Waals surface area (Å²) in [7, 11) is 3.44. The maximum absolute atomic E-state index is 10.7. The summed E-state index contributed by atoms with van der Waals surface area (Å²) in [6.45, 7) is 0.503. The van der Waals surface area contributed by atoms with Crippen LogP contribution in [0.5, 0.6) is 5.88 Å². The standard InChI is InChI=1S/C18H21N3O2.ClH/c1-19-12-16(22)18(13-6-4-3-5-7-13)21-9-8-14-10-17(23-2)20-11-15(14)21;/h3-11,16,18-19,22H,12H2,1-2H3;1H/t16-,18+;/m1./s1. The van der Waals surface area contributed by atoms with E-state index in [2.05, 4.69) is 14.9 Å². The number of methoxy groups -OCH3 is 1. The summed E-state index contributed by atoms with van der Waals surface area (Å²) >= 11 is 0. The average Bonchev–Trinajstić information content (AvgIpc) is 2.99. The van der Waals surface area contributed by atoms with E-state index in [1.54, 1.807) is 13.3 Å². The van der Waals surface area contributed by atoms with E-state index in [9.17, 15) is 5.11 Å². The van der Waals surface area contributed by atoms with Crippen LogP contribution < -0.4 is 10.1 Å². The fourth-order valence-electron chi connectivity index (χ4n) is 2.93. The average molecular weight is 348 g/mol. The van der Waals surface area contributed by atoms with Crippen molar-refractivity contribution >= 4 is 23.3 Å². The number of rotatable bonds is 6. The normalized spacial score (nSPS) is 13.3. The number of ether oxygens (including phenoxy) is 1. The van der Waals surface area contributed by atoms with Crippen molar-refractivity contribution in [2.75, 3.05) is 20.7 Å². The predicted molar refractivity (Wildman–Crippen MR) is 98.0 cm³/mol. The lowest BCUT2D eigenvalue weighted by Gasteiger charge is -2.26. The van der Waals surface area contributed by atoms with E-state index in [1.807, 2.05) is 55.7 Å². The Morgan fingerprint density at radius 2 is 2.00 bits per heavy atom. The van der Waals surface area contributed by atoms with E-state index in [1.165, 1.54) is 0 Å². The fourth-order valence-corrected chi connectivity index (χ4v) is 2.93. The number of nitrogens with zero attached hydrogens (tertiary/aromatic N) is 2. The zero-order valence-corrected chi connectivity index (χ0v) is 14.5. The van der Waals surface area contributed by atoms with Crippen molar-refractivity contribution in [3.63, 3.8) is 0 Å². The van der Waals surface area contributed by atoms with Gasteiger partial charge in [0.05, 0.1) is 31.0 Å². The molecule has 2 atom stereocenters. The molecule has 0 bridgehead atoms. The number of aromatic nitrogens is 2. The van der Waals surface area contributed by atoms with Crippen LogP contribution in [0, 0.1) is 0 Å². The Balaban J connectivity index is 0.00000208. The molecule has 0 amide bonds. The molecular formula is C18H22ClN3O2. The molecule has 5 nitrogen and oxygen atoms in total. The Hall–Kier alpha value is -2.08. The summed E-state index contributed by atoms with van der Waals surface area (Å²) in [5, 5.41) is 14.7. The van der Waals surface area contributed by atoms with Crippen molar-refractivity contribution in [2.24, 2.45) is 0 Å². The first-order valence-electron chi connectivity index (χ1n) is 7.62. The van der Waals surface area contributed by atoms with Gasteiger partial charge in [-0.15, -0.1) is 12.4 Å². The number of aliphatic hydroxyl groups is 1. The maximum Gasteiger partial charge on any atom is 0.213 e. The number of pyridine rings is 1. The van der Waals surface area contributed by atoms with Gasteiger partial charge in [-0.1, -0.05) is 30.3 Å². The Morgan fingerprint density at radius 1 is 1.25 bits per heavy atom. The molecule has 0 saturated carbocycles. The van der Waals surface area contributed by atoms with Crippen molar-refractivity contribution in [2.45, 2.75) is 12.1 Å². The predicted octanol–water partition coefficient (Wildman–Crippen LogP) is 2.64. The Bertz CT molecular complexity index is 776. The van der Waals surface area contributed by atoms with Crippen molar-refractivity contribution in [3.05, 3.63) is 60.4 Å². The number of benzene rings is 1. The Kier molecular flexibility index (Phi) is 6.20. The third-order valence-corrected chi connectivity index (χ3v) is 4.01. The van der Waals surface area contributed by atoms with Crippen LogP contribution in [0.3, 0.4) is 0 Å². The van der Waals surface area contributed by atoms with Crippen molar-refractivity contribution in [3.8, 4) is 5.88 Å². The molecule has 3 rings (SSSR count). The summed E-state index contributed by atoms with van der Waals surface area (Å²) in [6.07, 6.45) is 3.22. The van der Waals surface area contributed by atoms with Gasteiger partial charge >= 0.3 is 0 Å². The molecular weight excluding hydrogens is 326 g/mol. The second-order valence-corrected chi connectivity index (χ2v) is 5.49. The van der Waals surface area contributed by atoms with Crippen molar-refractivity contribution < 1.29 is 9.84 Å². The number of nitrogens with one attached hydrogen (secondary N) is 1. The minimum atomic E-state index is -0.555. The van der Waals surface area contributed by atoms with Gasteiger partial charge in [-0.05, 0) is 18.7 Å². The topological polar surface area (TPSA) is 59.3 Å². The van der Waals surface area contributed by atoms with Crippen LogP contribution in [0.1, 0.15) is 11.6 Å². The third-order valence-electron chi connectivity index (χ3n) is 4.01. The number of hydrogen-bond acceptors (Lipinski definition) is 4. The second kappa shape index (κ2) is 8.15. The van der Waals surface area contributed by atoms with Crippen LogP contribution in [-0.4, -0.2) is 41.5 Å². The van der Waals surface area contributed by atoms with Gasteiger partial charge in [0, 0.05) is 24.2 Å².